The molecule has 0 aliphatic rings. The zero-order valence-corrected chi connectivity index (χ0v) is 8.45. The van der Waals surface area contributed by atoms with Crippen molar-refractivity contribution in [2.24, 2.45) is 0 Å². The molecule has 4 heteroatoms. The Kier molecular flexibility index (Phi) is 2.51. The van der Waals surface area contributed by atoms with Crippen LogP contribution >= 0.6 is 0 Å². The highest BCUT2D eigenvalue weighted by atomic mass is 16.3. The SMILES string of the molecule is CCc1cc2c(=O)[nH]ccc2nc1CO. The lowest BCUT2D eigenvalue weighted by Gasteiger charge is -2.05. The zero-order valence-electron chi connectivity index (χ0n) is 8.45. The smallest absolute Gasteiger partial charge is 0.257 e. The van der Waals surface area contributed by atoms with Gasteiger partial charge in [-0.3, -0.25) is 4.79 Å². The van der Waals surface area contributed by atoms with Crippen molar-refractivity contribution in [1.82, 2.24) is 9.97 Å². The zero-order chi connectivity index (χ0) is 10.8. The van der Waals surface area contributed by atoms with Gasteiger partial charge in [0.25, 0.3) is 5.56 Å². The van der Waals surface area contributed by atoms with Gasteiger partial charge in [-0.05, 0) is 24.1 Å². The first kappa shape index (κ1) is 9.86. The van der Waals surface area contributed by atoms with Gasteiger partial charge in [-0.15, -0.1) is 0 Å². The molecule has 0 saturated heterocycles. The highest BCUT2D eigenvalue weighted by Crippen LogP contribution is 2.13. The Morgan fingerprint density at radius 2 is 2.33 bits per heavy atom. The highest BCUT2D eigenvalue weighted by Gasteiger charge is 2.06. The summed E-state index contributed by atoms with van der Waals surface area (Å²) in [7, 11) is 0. The van der Waals surface area contributed by atoms with Gasteiger partial charge in [-0.2, -0.15) is 0 Å². The van der Waals surface area contributed by atoms with E-state index in [2.05, 4.69) is 9.97 Å². The van der Waals surface area contributed by atoms with Crippen LogP contribution in [0.5, 0.6) is 0 Å². The lowest BCUT2D eigenvalue weighted by Crippen LogP contribution is -2.08. The van der Waals surface area contributed by atoms with Crippen molar-refractivity contribution in [3.63, 3.8) is 0 Å². The van der Waals surface area contributed by atoms with Crippen LogP contribution in [0.3, 0.4) is 0 Å². The van der Waals surface area contributed by atoms with Crippen LogP contribution in [0, 0.1) is 0 Å². The van der Waals surface area contributed by atoms with Crippen LogP contribution in [0.4, 0.5) is 0 Å². The minimum atomic E-state index is -0.140. The Hall–Kier alpha value is -1.68. The van der Waals surface area contributed by atoms with E-state index in [1.807, 2.05) is 6.92 Å². The molecule has 2 N–H and O–H groups in total. The molecule has 2 heterocycles. The molecule has 0 amide bonds. The molecule has 15 heavy (non-hydrogen) atoms. The molecule has 2 rings (SSSR count). The number of aliphatic hydroxyl groups excluding tert-OH is 1. The summed E-state index contributed by atoms with van der Waals surface area (Å²) in [6.45, 7) is 1.88. The molecule has 0 radical (unpaired) electrons. The Bertz CT molecular complexity index is 546. The van der Waals surface area contributed by atoms with Crippen molar-refractivity contribution in [3.05, 3.63) is 39.9 Å². The Morgan fingerprint density at radius 1 is 1.53 bits per heavy atom. The number of hydrogen-bond acceptors (Lipinski definition) is 3. The summed E-state index contributed by atoms with van der Waals surface area (Å²) in [4.78, 5) is 18.3. The van der Waals surface area contributed by atoms with Gasteiger partial charge in [0.05, 0.1) is 23.2 Å². The third-order valence-corrected chi connectivity index (χ3v) is 2.45. The standard InChI is InChI=1S/C11H12N2O2/c1-2-7-5-8-9(13-10(7)6-14)3-4-12-11(8)15/h3-5,14H,2,6H2,1H3,(H,12,15). The topological polar surface area (TPSA) is 66.0 Å². The molecule has 0 bridgehead atoms. The summed E-state index contributed by atoms with van der Waals surface area (Å²) in [5, 5.41) is 9.71. The van der Waals surface area contributed by atoms with Gasteiger partial charge in [0.1, 0.15) is 0 Å². The summed E-state index contributed by atoms with van der Waals surface area (Å²) in [6, 6.07) is 3.53. The monoisotopic (exact) mass is 204 g/mol. The number of pyridine rings is 2. The maximum atomic E-state index is 11.5. The Morgan fingerprint density at radius 3 is 3.00 bits per heavy atom. The summed E-state index contributed by atoms with van der Waals surface area (Å²) >= 11 is 0. The highest BCUT2D eigenvalue weighted by molar-refractivity contribution is 5.78. The molecule has 0 atom stereocenters. The van der Waals surface area contributed by atoms with Crippen molar-refractivity contribution in [2.75, 3.05) is 0 Å². The van der Waals surface area contributed by atoms with Gasteiger partial charge in [0.2, 0.25) is 0 Å². The lowest BCUT2D eigenvalue weighted by molar-refractivity contribution is 0.276. The van der Waals surface area contributed by atoms with Gasteiger partial charge in [0.15, 0.2) is 0 Å². The molecule has 4 nitrogen and oxygen atoms in total. The fourth-order valence-corrected chi connectivity index (χ4v) is 1.63. The van der Waals surface area contributed by atoms with E-state index in [1.54, 1.807) is 18.3 Å². The van der Waals surface area contributed by atoms with E-state index in [0.29, 0.717) is 16.6 Å². The van der Waals surface area contributed by atoms with Crippen LogP contribution in [0.2, 0.25) is 0 Å². The van der Waals surface area contributed by atoms with E-state index in [4.69, 9.17) is 5.11 Å². The third kappa shape index (κ3) is 1.64. The molecule has 0 fully saturated rings. The van der Waals surface area contributed by atoms with Crippen LogP contribution in [0.1, 0.15) is 18.2 Å². The predicted molar refractivity (Wildman–Crippen MR) is 57.7 cm³/mol. The molecule has 78 valence electrons. The van der Waals surface area contributed by atoms with Crippen LogP contribution < -0.4 is 5.56 Å². The first-order valence-corrected chi connectivity index (χ1v) is 4.87. The summed E-state index contributed by atoms with van der Waals surface area (Å²) in [5.41, 5.74) is 2.05. The second kappa shape index (κ2) is 3.82. The van der Waals surface area contributed by atoms with Crippen molar-refractivity contribution in [3.8, 4) is 0 Å². The van der Waals surface area contributed by atoms with Gasteiger partial charge >= 0.3 is 0 Å². The van der Waals surface area contributed by atoms with E-state index >= 15 is 0 Å². The van der Waals surface area contributed by atoms with E-state index in [9.17, 15) is 4.79 Å². The summed E-state index contributed by atoms with van der Waals surface area (Å²) in [5.74, 6) is 0. The molecule has 2 aromatic rings. The fourth-order valence-electron chi connectivity index (χ4n) is 1.63. The number of fused-ring (bicyclic) bond motifs is 1. The predicted octanol–water partition coefficient (Wildman–Crippen LogP) is 0.978. The van der Waals surface area contributed by atoms with Crippen LogP contribution in [0.15, 0.2) is 23.1 Å². The van der Waals surface area contributed by atoms with E-state index in [-0.39, 0.29) is 12.2 Å². The minimum absolute atomic E-state index is 0.0914. The lowest BCUT2D eigenvalue weighted by atomic mass is 10.1. The fraction of sp³-hybridized carbons (Fsp3) is 0.273. The average molecular weight is 204 g/mol. The van der Waals surface area contributed by atoms with E-state index in [1.165, 1.54) is 0 Å². The second-order valence-corrected chi connectivity index (χ2v) is 3.35. The second-order valence-electron chi connectivity index (χ2n) is 3.35. The summed E-state index contributed by atoms with van der Waals surface area (Å²) in [6.07, 6.45) is 2.32. The summed E-state index contributed by atoms with van der Waals surface area (Å²) < 4.78 is 0. The number of nitrogens with zero attached hydrogens (tertiary/aromatic N) is 1. The maximum absolute atomic E-state index is 11.5. The molecule has 0 aliphatic heterocycles. The number of nitrogens with one attached hydrogen (secondary N) is 1. The molecular formula is C11H12N2O2. The Balaban J connectivity index is 2.81. The van der Waals surface area contributed by atoms with Crippen molar-refractivity contribution >= 4 is 10.9 Å². The number of aryl methyl sites for hydroxylation is 1. The van der Waals surface area contributed by atoms with Gasteiger partial charge in [0, 0.05) is 6.20 Å². The molecule has 2 aromatic heterocycles. The molecular weight excluding hydrogens is 192 g/mol. The van der Waals surface area contributed by atoms with Crippen LogP contribution in [-0.2, 0) is 13.0 Å². The number of hydrogen-bond donors (Lipinski definition) is 2. The van der Waals surface area contributed by atoms with Crippen molar-refractivity contribution in [2.45, 2.75) is 20.0 Å². The van der Waals surface area contributed by atoms with E-state index < -0.39 is 0 Å². The average Bonchev–Trinajstić information content (AvgIpc) is 2.28. The maximum Gasteiger partial charge on any atom is 0.257 e. The van der Waals surface area contributed by atoms with Crippen molar-refractivity contribution in [1.29, 1.82) is 0 Å². The quantitative estimate of drug-likeness (QED) is 0.766. The molecule has 0 spiro atoms. The first-order valence-electron chi connectivity index (χ1n) is 4.87. The number of H-pyrrole nitrogens is 1. The van der Waals surface area contributed by atoms with Gasteiger partial charge < -0.3 is 10.1 Å². The molecule has 0 aliphatic carbocycles. The van der Waals surface area contributed by atoms with E-state index in [0.717, 1.165) is 12.0 Å². The van der Waals surface area contributed by atoms with Gasteiger partial charge in [-0.25, -0.2) is 4.98 Å². The van der Waals surface area contributed by atoms with Gasteiger partial charge in [-0.1, -0.05) is 6.92 Å². The molecule has 0 aromatic carbocycles. The normalized spacial score (nSPS) is 10.8. The number of aromatic nitrogens is 2. The number of aromatic amines is 1. The van der Waals surface area contributed by atoms with Crippen LogP contribution in [-0.4, -0.2) is 15.1 Å². The van der Waals surface area contributed by atoms with Crippen molar-refractivity contribution < 1.29 is 5.11 Å². The first-order chi connectivity index (χ1) is 7.26. The minimum Gasteiger partial charge on any atom is -0.390 e. The molecule has 0 unspecified atom stereocenters. The molecule has 0 saturated carbocycles. The largest absolute Gasteiger partial charge is 0.390 e. The Labute approximate surface area is 86.6 Å². The third-order valence-electron chi connectivity index (χ3n) is 2.45. The van der Waals surface area contributed by atoms with Crippen LogP contribution in [0.25, 0.3) is 10.9 Å². The number of aliphatic hydroxyl groups is 1. The number of rotatable bonds is 2.